The molecule has 9 heteroatoms. The normalized spacial score (nSPS) is 15.6. The third-order valence-electron chi connectivity index (χ3n) is 6.00. The molecule has 1 saturated heterocycles. The highest BCUT2D eigenvalue weighted by Crippen LogP contribution is 2.29. The Bertz CT molecular complexity index is 1210. The number of ether oxygens (including phenoxy) is 2. The number of amides is 1. The second kappa shape index (κ2) is 11.7. The summed E-state index contributed by atoms with van der Waals surface area (Å²) in [5.74, 6) is -1.25. The van der Waals surface area contributed by atoms with E-state index in [0.29, 0.717) is 22.4 Å². The van der Waals surface area contributed by atoms with Gasteiger partial charge in [-0.1, -0.05) is 48.5 Å². The molecule has 1 aliphatic rings. The number of nitrogens with one attached hydrogen (secondary N) is 3. The average Bonchev–Trinajstić information content (AvgIpc) is 3.35. The van der Waals surface area contributed by atoms with Crippen molar-refractivity contribution in [1.29, 1.82) is 5.41 Å². The average molecular weight is 498 g/mol. The van der Waals surface area contributed by atoms with Gasteiger partial charge in [-0.05, 0) is 53.4 Å². The van der Waals surface area contributed by atoms with Crippen LogP contribution >= 0.6 is 12.4 Å². The number of fused-ring (bicyclic) bond motifs is 1. The van der Waals surface area contributed by atoms with Gasteiger partial charge in [0.25, 0.3) is 0 Å². The molecule has 1 fully saturated rings. The second-order valence-corrected chi connectivity index (χ2v) is 8.21. The van der Waals surface area contributed by atoms with Gasteiger partial charge < -0.3 is 19.9 Å². The zero-order valence-corrected chi connectivity index (χ0v) is 20.1. The van der Waals surface area contributed by atoms with E-state index in [1.807, 2.05) is 36.4 Å². The number of carbonyl (C=O) groups is 2. The maximum absolute atomic E-state index is 12.3. The third-order valence-corrected chi connectivity index (χ3v) is 6.00. The lowest BCUT2D eigenvalue weighted by Gasteiger charge is -2.19. The van der Waals surface area contributed by atoms with Crippen molar-refractivity contribution in [3.8, 4) is 5.75 Å². The van der Waals surface area contributed by atoms with Gasteiger partial charge >= 0.3 is 12.1 Å². The second-order valence-electron chi connectivity index (χ2n) is 8.21. The van der Waals surface area contributed by atoms with Crippen LogP contribution in [0.3, 0.4) is 0 Å². The zero-order chi connectivity index (χ0) is 24.1. The number of hydrogen-bond donors (Lipinski definition) is 4. The number of amidine groups is 1. The van der Waals surface area contributed by atoms with Crippen LogP contribution in [0.1, 0.15) is 29.0 Å². The number of carboxylic acid groups (broad SMARTS) is 1. The smallest absolute Gasteiger partial charge is 0.412 e. The number of rotatable bonds is 7. The van der Waals surface area contributed by atoms with E-state index >= 15 is 0 Å². The lowest BCUT2D eigenvalue weighted by atomic mass is 9.87. The van der Waals surface area contributed by atoms with E-state index in [1.54, 1.807) is 24.3 Å². The van der Waals surface area contributed by atoms with Crippen LogP contribution in [-0.2, 0) is 16.0 Å². The fourth-order valence-corrected chi connectivity index (χ4v) is 4.27. The van der Waals surface area contributed by atoms with Crippen molar-refractivity contribution in [2.24, 2.45) is 0 Å². The van der Waals surface area contributed by atoms with Crippen LogP contribution in [0, 0.1) is 5.41 Å². The summed E-state index contributed by atoms with van der Waals surface area (Å²) in [7, 11) is 1.23. The summed E-state index contributed by atoms with van der Waals surface area (Å²) in [4.78, 5) is 24.0. The first-order valence-electron chi connectivity index (χ1n) is 11.1. The van der Waals surface area contributed by atoms with Crippen molar-refractivity contribution in [3.05, 3.63) is 77.4 Å². The molecule has 3 aromatic carbocycles. The van der Waals surface area contributed by atoms with Crippen molar-refractivity contribution in [1.82, 2.24) is 10.6 Å². The van der Waals surface area contributed by atoms with Gasteiger partial charge in [0.2, 0.25) is 0 Å². The molecule has 0 spiro atoms. The van der Waals surface area contributed by atoms with E-state index in [4.69, 9.17) is 10.1 Å². The van der Waals surface area contributed by atoms with Crippen LogP contribution in [0.4, 0.5) is 4.79 Å². The summed E-state index contributed by atoms with van der Waals surface area (Å²) in [6, 6.07) is 18.3. The number of benzene rings is 3. The van der Waals surface area contributed by atoms with E-state index in [0.717, 1.165) is 30.3 Å². The number of hydrogen-bond acceptors (Lipinski definition) is 6. The quantitative estimate of drug-likeness (QED) is 0.288. The molecule has 4 rings (SSSR count). The molecule has 2 atom stereocenters. The Morgan fingerprint density at radius 3 is 2.54 bits per heavy atom. The Kier molecular flexibility index (Phi) is 8.68. The van der Waals surface area contributed by atoms with E-state index < -0.39 is 18.0 Å². The van der Waals surface area contributed by atoms with Crippen molar-refractivity contribution in [2.45, 2.75) is 24.9 Å². The van der Waals surface area contributed by atoms with Gasteiger partial charge in [-0.25, -0.2) is 4.79 Å². The van der Waals surface area contributed by atoms with Crippen molar-refractivity contribution in [3.63, 3.8) is 0 Å². The topological polar surface area (TPSA) is 121 Å². The van der Waals surface area contributed by atoms with E-state index in [2.05, 4.69) is 15.4 Å². The molecule has 35 heavy (non-hydrogen) atoms. The zero-order valence-electron chi connectivity index (χ0n) is 19.2. The lowest BCUT2D eigenvalue weighted by Crippen LogP contribution is -2.31. The van der Waals surface area contributed by atoms with Gasteiger partial charge in [-0.3, -0.25) is 15.5 Å². The molecule has 0 radical (unpaired) electrons. The largest absolute Gasteiger partial charge is 0.489 e. The molecule has 1 aliphatic heterocycles. The Morgan fingerprint density at radius 1 is 1.14 bits per heavy atom. The Labute approximate surface area is 209 Å². The van der Waals surface area contributed by atoms with Crippen LogP contribution in [0.2, 0.25) is 0 Å². The minimum atomic E-state index is -0.972. The summed E-state index contributed by atoms with van der Waals surface area (Å²) in [6.07, 6.45) is 0.449. The molecular formula is C26H28ClN3O5. The van der Waals surface area contributed by atoms with Crippen LogP contribution in [0.25, 0.3) is 10.8 Å². The highest BCUT2D eigenvalue weighted by molar-refractivity contribution is 6.13. The molecule has 8 nitrogen and oxygen atoms in total. The van der Waals surface area contributed by atoms with E-state index in [-0.39, 0.29) is 30.8 Å². The van der Waals surface area contributed by atoms with E-state index in [1.165, 1.54) is 7.11 Å². The van der Waals surface area contributed by atoms with Crippen molar-refractivity contribution < 1.29 is 24.2 Å². The third kappa shape index (κ3) is 6.09. The van der Waals surface area contributed by atoms with Gasteiger partial charge in [0, 0.05) is 12.1 Å². The number of aliphatic carboxylic acids is 1. The molecule has 184 valence electrons. The van der Waals surface area contributed by atoms with Crippen LogP contribution in [0.15, 0.2) is 60.7 Å². The van der Waals surface area contributed by atoms with Crippen molar-refractivity contribution >= 4 is 41.1 Å². The molecule has 0 aliphatic carbocycles. The van der Waals surface area contributed by atoms with Crippen LogP contribution < -0.4 is 15.4 Å². The fourth-order valence-electron chi connectivity index (χ4n) is 4.27. The summed E-state index contributed by atoms with van der Waals surface area (Å²) in [6.45, 7) is 1.73. The molecule has 0 aromatic heterocycles. The van der Waals surface area contributed by atoms with Gasteiger partial charge in [0.15, 0.2) is 0 Å². The van der Waals surface area contributed by atoms with Crippen LogP contribution in [0.5, 0.6) is 5.75 Å². The number of methoxy groups -OCH3 is 1. The highest BCUT2D eigenvalue weighted by Gasteiger charge is 2.24. The first-order valence-corrected chi connectivity index (χ1v) is 11.1. The standard InChI is InChI=1S/C26H27N3O5.ClH/c1-33-26(32)29-24(27)23-18(7-6-16-4-2-3-5-21(16)23)14-22(25(30)31)17-8-10-19(11-9-17)34-20-12-13-28-15-20;/h2-11,20,22,28H,12-15H2,1H3,(H,30,31)(H2,27,29,32);1H/t20-,22-;/m0./s1. The number of carboxylic acids is 1. The SMILES string of the molecule is COC(=O)NC(=N)c1c(C[C@H](C(=O)O)c2ccc(O[C@H]3CCNC3)cc2)ccc2ccccc12.Cl. The number of halogens is 1. The molecule has 0 bridgehead atoms. The maximum Gasteiger partial charge on any atom is 0.412 e. The number of carbonyl (C=O) groups excluding carboxylic acids is 1. The Morgan fingerprint density at radius 2 is 1.89 bits per heavy atom. The van der Waals surface area contributed by atoms with Gasteiger partial charge in [0.1, 0.15) is 17.7 Å². The number of alkyl carbamates (subject to hydrolysis) is 1. The van der Waals surface area contributed by atoms with Crippen LogP contribution in [-0.4, -0.2) is 49.3 Å². The van der Waals surface area contributed by atoms with E-state index in [9.17, 15) is 14.7 Å². The maximum atomic E-state index is 12.3. The molecule has 0 unspecified atom stereocenters. The molecule has 1 amide bonds. The predicted molar refractivity (Wildman–Crippen MR) is 136 cm³/mol. The molecular weight excluding hydrogens is 470 g/mol. The van der Waals surface area contributed by atoms with Gasteiger partial charge in [0.05, 0.1) is 13.0 Å². The molecule has 0 saturated carbocycles. The molecule has 3 aromatic rings. The molecule has 4 N–H and O–H groups in total. The highest BCUT2D eigenvalue weighted by atomic mass is 35.5. The first-order chi connectivity index (χ1) is 16.5. The Hall–Kier alpha value is -3.62. The lowest BCUT2D eigenvalue weighted by molar-refractivity contribution is -0.138. The summed E-state index contributed by atoms with van der Waals surface area (Å²) in [5, 5.41) is 25.8. The Balaban J connectivity index is 0.00000342. The van der Waals surface area contributed by atoms with Gasteiger partial charge in [-0.2, -0.15) is 0 Å². The minimum Gasteiger partial charge on any atom is -0.489 e. The molecule has 1 heterocycles. The fraction of sp³-hybridized carbons (Fsp3) is 0.269. The van der Waals surface area contributed by atoms with Crippen molar-refractivity contribution in [2.75, 3.05) is 20.2 Å². The monoisotopic (exact) mass is 497 g/mol. The predicted octanol–water partition coefficient (Wildman–Crippen LogP) is 4.09. The summed E-state index contributed by atoms with van der Waals surface area (Å²) < 4.78 is 10.6. The summed E-state index contributed by atoms with van der Waals surface area (Å²) >= 11 is 0. The summed E-state index contributed by atoms with van der Waals surface area (Å²) in [5.41, 5.74) is 1.75. The minimum absolute atomic E-state index is 0. The van der Waals surface area contributed by atoms with Gasteiger partial charge in [-0.15, -0.1) is 12.4 Å². The first kappa shape index (κ1) is 26.0.